The molecule has 0 spiro atoms. The fraction of sp³-hybridized carbons (Fsp3) is 0.800. The molecule has 0 rings (SSSR count). The molecule has 0 aliphatic rings. The largest absolute Gasteiger partial charge is 0.481 e. The first-order valence-electron chi connectivity index (χ1n) is 4.73. The molecule has 0 radical (unpaired) electrons. The number of hydrogen-bond donors (Lipinski definition) is 2. The Morgan fingerprint density at radius 2 is 2.00 bits per heavy atom. The van der Waals surface area contributed by atoms with Crippen LogP contribution in [0.3, 0.4) is 0 Å². The van der Waals surface area contributed by atoms with Crippen molar-refractivity contribution >= 4 is 12.4 Å². The van der Waals surface area contributed by atoms with E-state index in [-0.39, 0.29) is 18.1 Å². The summed E-state index contributed by atoms with van der Waals surface area (Å²) in [5.74, 6) is -0.758. The van der Waals surface area contributed by atoms with Crippen molar-refractivity contribution in [1.82, 2.24) is 5.32 Å². The normalized spacial score (nSPS) is 12.1. The van der Waals surface area contributed by atoms with Gasteiger partial charge in [-0.25, -0.2) is 0 Å². The van der Waals surface area contributed by atoms with Gasteiger partial charge in [-0.1, -0.05) is 0 Å². The number of carboxylic acid groups (broad SMARTS) is 1. The minimum atomic E-state index is -0.758. The van der Waals surface area contributed by atoms with Crippen molar-refractivity contribution in [2.45, 2.75) is 45.8 Å². The Kier molecular flexibility index (Phi) is 8.96. The van der Waals surface area contributed by atoms with Crippen LogP contribution in [0.15, 0.2) is 0 Å². The molecular formula is C10H21NO4. The third-order valence-corrected chi connectivity index (χ3v) is 1.38. The molecule has 0 aromatic heterocycles. The van der Waals surface area contributed by atoms with E-state index < -0.39 is 5.97 Å². The summed E-state index contributed by atoms with van der Waals surface area (Å²) in [6.07, 6.45) is 0.191. The van der Waals surface area contributed by atoms with E-state index in [1.165, 1.54) is 0 Å². The van der Waals surface area contributed by atoms with Crippen molar-refractivity contribution in [2.24, 2.45) is 0 Å². The zero-order valence-corrected chi connectivity index (χ0v) is 10.0. The third kappa shape index (κ3) is 19.3. The summed E-state index contributed by atoms with van der Waals surface area (Å²) in [6.45, 7) is 7.75. The highest BCUT2D eigenvalue weighted by Gasteiger charge is 2.07. The SMILES string of the molecule is CC(C)(C)OC=O.CNC(C)CC(=O)O. The zero-order valence-electron chi connectivity index (χ0n) is 10.0. The monoisotopic (exact) mass is 219 g/mol. The van der Waals surface area contributed by atoms with Crippen molar-refractivity contribution in [3.63, 3.8) is 0 Å². The van der Waals surface area contributed by atoms with E-state index in [9.17, 15) is 9.59 Å². The lowest BCUT2D eigenvalue weighted by atomic mass is 10.2. The minimum absolute atomic E-state index is 0.0764. The molecule has 2 N–H and O–H groups in total. The Balaban J connectivity index is 0. The summed E-state index contributed by atoms with van der Waals surface area (Å²) in [7, 11) is 1.74. The summed E-state index contributed by atoms with van der Waals surface area (Å²) >= 11 is 0. The van der Waals surface area contributed by atoms with Crippen LogP contribution in [-0.2, 0) is 14.3 Å². The fourth-order valence-electron chi connectivity index (χ4n) is 0.508. The lowest BCUT2D eigenvalue weighted by molar-refractivity contribution is -0.139. The first-order valence-corrected chi connectivity index (χ1v) is 4.73. The summed E-state index contributed by atoms with van der Waals surface area (Å²) in [6, 6.07) is 0.0764. The molecule has 0 aromatic carbocycles. The van der Waals surface area contributed by atoms with Crippen LogP contribution in [-0.4, -0.2) is 36.2 Å². The molecule has 0 saturated carbocycles. The van der Waals surface area contributed by atoms with Gasteiger partial charge in [-0.2, -0.15) is 0 Å². The van der Waals surface area contributed by atoms with Crippen molar-refractivity contribution in [2.75, 3.05) is 7.05 Å². The predicted octanol–water partition coefficient (Wildman–Crippen LogP) is 1.03. The van der Waals surface area contributed by atoms with E-state index in [1.54, 1.807) is 7.05 Å². The fourth-order valence-corrected chi connectivity index (χ4v) is 0.508. The quantitative estimate of drug-likeness (QED) is 0.691. The molecule has 90 valence electrons. The van der Waals surface area contributed by atoms with Crippen molar-refractivity contribution in [1.29, 1.82) is 0 Å². The Bertz CT molecular complexity index is 186. The molecule has 1 atom stereocenters. The highest BCUT2D eigenvalue weighted by Crippen LogP contribution is 2.02. The van der Waals surface area contributed by atoms with Gasteiger partial charge >= 0.3 is 5.97 Å². The number of nitrogens with one attached hydrogen (secondary N) is 1. The molecule has 0 saturated heterocycles. The molecule has 0 fully saturated rings. The number of hydrogen-bond acceptors (Lipinski definition) is 4. The van der Waals surface area contributed by atoms with E-state index in [0.717, 1.165) is 0 Å². The van der Waals surface area contributed by atoms with Crippen LogP contribution in [0.1, 0.15) is 34.1 Å². The molecule has 5 heteroatoms. The maximum absolute atomic E-state index is 9.93. The lowest BCUT2D eigenvalue weighted by Crippen LogP contribution is -2.24. The van der Waals surface area contributed by atoms with Crippen LogP contribution >= 0.6 is 0 Å². The maximum atomic E-state index is 9.93. The summed E-state index contributed by atoms with van der Waals surface area (Å²) in [5, 5.41) is 11.0. The van der Waals surface area contributed by atoms with Gasteiger partial charge in [-0.05, 0) is 34.7 Å². The molecule has 0 aliphatic carbocycles. The molecular weight excluding hydrogens is 198 g/mol. The summed E-state index contributed by atoms with van der Waals surface area (Å²) in [4.78, 5) is 19.5. The topological polar surface area (TPSA) is 75.6 Å². The third-order valence-electron chi connectivity index (χ3n) is 1.38. The molecule has 0 amide bonds. The number of ether oxygens (including phenoxy) is 1. The standard InChI is InChI=1S/C5H11NO2.C5H10O2/c1-4(6-2)3-5(7)8;1-5(2,3)7-4-6/h4,6H,3H2,1-2H3,(H,7,8);4H,1-3H3. The Labute approximate surface area is 90.8 Å². The van der Waals surface area contributed by atoms with Gasteiger partial charge in [-0.15, -0.1) is 0 Å². The van der Waals surface area contributed by atoms with Gasteiger partial charge in [0.15, 0.2) is 0 Å². The average Bonchev–Trinajstić information content (AvgIpc) is 2.01. The second-order valence-electron chi connectivity index (χ2n) is 4.11. The lowest BCUT2D eigenvalue weighted by Gasteiger charge is -2.14. The Morgan fingerprint density at radius 3 is 2.07 bits per heavy atom. The minimum Gasteiger partial charge on any atom is -0.481 e. The van der Waals surface area contributed by atoms with Crippen LogP contribution in [0.4, 0.5) is 0 Å². The van der Waals surface area contributed by atoms with Crippen molar-refractivity contribution < 1.29 is 19.4 Å². The summed E-state index contributed by atoms with van der Waals surface area (Å²) < 4.78 is 4.55. The van der Waals surface area contributed by atoms with Gasteiger partial charge in [0.1, 0.15) is 5.60 Å². The summed E-state index contributed by atoms with van der Waals surface area (Å²) in [5.41, 5.74) is -0.318. The molecule has 0 aromatic rings. The smallest absolute Gasteiger partial charge is 0.304 e. The number of carbonyl (C=O) groups is 2. The second kappa shape index (κ2) is 8.23. The van der Waals surface area contributed by atoms with Crippen LogP contribution in [0.25, 0.3) is 0 Å². The first kappa shape index (κ1) is 16.3. The van der Waals surface area contributed by atoms with E-state index in [0.29, 0.717) is 6.47 Å². The molecule has 1 unspecified atom stereocenters. The predicted molar refractivity (Wildman–Crippen MR) is 57.7 cm³/mol. The average molecular weight is 219 g/mol. The molecule has 15 heavy (non-hydrogen) atoms. The number of rotatable bonds is 4. The zero-order chi connectivity index (χ0) is 12.5. The van der Waals surface area contributed by atoms with Gasteiger partial charge < -0.3 is 15.2 Å². The first-order chi connectivity index (χ1) is 6.72. The maximum Gasteiger partial charge on any atom is 0.304 e. The highest BCUT2D eigenvalue weighted by molar-refractivity contribution is 5.67. The molecule has 0 bridgehead atoms. The van der Waals surface area contributed by atoms with Crippen LogP contribution in [0, 0.1) is 0 Å². The van der Waals surface area contributed by atoms with Gasteiger partial charge in [0, 0.05) is 6.04 Å². The van der Waals surface area contributed by atoms with Crippen LogP contribution in [0.2, 0.25) is 0 Å². The molecule has 0 heterocycles. The van der Waals surface area contributed by atoms with Crippen LogP contribution < -0.4 is 5.32 Å². The Hall–Kier alpha value is -1.10. The van der Waals surface area contributed by atoms with Crippen molar-refractivity contribution in [3.05, 3.63) is 0 Å². The van der Waals surface area contributed by atoms with Crippen LogP contribution in [0.5, 0.6) is 0 Å². The number of aliphatic carboxylic acids is 1. The van der Waals surface area contributed by atoms with Gasteiger partial charge in [0.2, 0.25) is 0 Å². The van der Waals surface area contributed by atoms with E-state index in [2.05, 4.69) is 10.1 Å². The highest BCUT2D eigenvalue weighted by atomic mass is 16.5. The number of carboxylic acids is 1. The molecule has 5 nitrogen and oxygen atoms in total. The van der Waals surface area contributed by atoms with Crippen molar-refractivity contribution in [3.8, 4) is 0 Å². The number of carbonyl (C=O) groups excluding carboxylic acids is 1. The van der Waals surface area contributed by atoms with E-state index in [1.807, 2.05) is 27.7 Å². The molecule has 0 aliphatic heterocycles. The second-order valence-corrected chi connectivity index (χ2v) is 4.11. The van der Waals surface area contributed by atoms with Gasteiger partial charge in [-0.3, -0.25) is 9.59 Å². The van der Waals surface area contributed by atoms with Gasteiger partial charge in [0.05, 0.1) is 6.42 Å². The van der Waals surface area contributed by atoms with E-state index in [4.69, 9.17) is 5.11 Å². The Morgan fingerprint density at radius 1 is 1.53 bits per heavy atom. The van der Waals surface area contributed by atoms with E-state index >= 15 is 0 Å². The van der Waals surface area contributed by atoms with Gasteiger partial charge in [0.25, 0.3) is 6.47 Å².